The zero-order chi connectivity index (χ0) is 30.0. The summed E-state index contributed by atoms with van der Waals surface area (Å²) in [5.41, 5.74) is 0.473. The Kier molecular flexibility index (Phi) is 11.5. The number of carbonyl (C=O) groups excluding carboxylic acids is 1. The zero-order valence-electron chi connectivity index (χ0n) is 25.8. The number of alkyl halides is 3. The van der Waals surface area contributed by atoms with Gasteiger partial charge in [-0.2, -0.15) is 13.2 Å². The first-order valence-electron chi connectivity index (χ1n) is 13.3. The third kappa shape index (κ3) is 7.06. The molecule has 1 atom stereocenters. The van der Waals surface area contributed by atoms with E-state index in [1.165, 1.54) is 37.3 Å². The number of rotatable bonds is 6. The number of anilines is 2. The Balaban J connectivity index is 0.00000235. The number of hydrogen-bond acceptors (Lipinski definition) is 8. The molecule has 0 radical (unpaired) electrons. The van der Waals surface area contributed by atoms with Crippen LogP contribution in [0.15, 0.2) is 65.7 Å². The number of methoxy groups -OCH3 is 3. The summed E-state index contributed by atoms with van der Waals surface area (Å²) in [6, 6.07) is 14.2. The largest absolute Gasteiger partial charge is 1.00 e. The minimum atomic E-state index is -4.64. The second-order valence-corrected chi connectivity index (χ2v) is 9.82. The Morgan fingerprint density at radius 2 is 1.64 bits per heavy atom. The van der Waals surface area contributed by atoms with Crippen molar-refractivity contribution in [1.82, 2.24) is 4.90 Å². The number of benzene rings is 3. The summed E-state index contributed by atoms with van der Waals surface area (Å²) in [5, 5.41) is 0. The molecule has 14 heteroatoms. The summed E-state index contributed by atoms with van der Waals surface area (Å²) in [6.45, 7) is 1.93. The van der Waals surface area contributed by atoms with Gasteiger partial charge in [-0.15, -0.1) is 0 Å². The van der Waals surface area contributed by atoms with Crippen molar-refractivity contribution in [2.24, 2.45) is 4.99 Å². The molecule has 1 fully saturated rings. The molecule has 0 amide bonds. The molecule has 0 spiro atoms. The number of piperazine rings is 1. The van der Waals surface area contributed by atoms with Gasteiger partial charge in [0.15, 0.2) is 0 Å². The number of aliphatic imine (C=N–C) groups is 1. The number of hydrogen-bond donors (Lipinski definition) is 0. The predicted octanol–water partition coefficient (Wildman–Crippen LogP) is 2.09. The Morgan fingerprint density at radius 1 is 0.955 bits per heavy atom. The van der Waals surface area contributed by atoms with Crippen LogP contribution in [0.2, 0.25) is 0 Å². The molecule has 0 unspecified atom stereocenters. The molecular formula is C30H33F4N4NaO5. The quantitative estimate of drug-likeness (QED) is 0.234. The summed E-state index contributed by atoms with van der Waals surface area (Å²) >= 11 is 0. The SMILES string of the molecule is COC(=O)C[C@H]1c2cccc(F)c2N=C(N2CCN(c3cccc(OC)c3)CC2)N1c1cc(C(F)(F)F)ccc1OC.O.[H-].[Na+]. The molecule has 5 rings (SSSR count). The van der Waals surface area contributed by atoms with Crippen LogP contribution >= 0.6 is 0 Å². The first-order chi connectivity index (χ1) is 20.1. The van der Waals surface area contributed by atoms with Gasteiger partial charge in [0.25, 0.3) is 0 Å². The van der Waals surface area contributed by atoms with Crippen molar-refractivity contribution in [2.45, 2.75) is 18.6 Å². The standard InChI is InChI=1S/C30H30F4N4O4.Na.H2O.H/c1-40-21-7-4-6-20(17-21)36-12-14-37(15-13-36)29-35-28-22(8-5-9-23(28)31)24(18-27(39)42-3)38(29)25-16-19(30(32,33)34)10-11-26(25)41-2;;;/h4-11,16-17,24H,12-15,18H2,1-3H3;;1H2;/q;+1;;-1/t24-;;;/m0.../s1. The van der Waals surface area contributed by atoms with Crippen molar-refractivity contribution >= 4 is 29.0 Å². The maximum absolute atomic E-state index is 15.2. The van der Waals surface area contributed by atoms with E-state index in [0.717, 1.165) is 17.8 Å². The molecule has 3 aromatic carbocycles. The summed E-state index contributed by atoms with van der Waals surface area (Å²) < 4.78 is 72.7. The van der Waals surface area contributed by atoms with E-state index in [4.69, 9.17) is 14.2 Å². The topological polar surface area (TPSA) is 98.3 Å². The van der Waals surface area contributed by atoms with E-state index in [9.17, 15) is 18.0 Å². The fourth-order valence-corrected chi connectivity index (χ4v) is 5.32. The van der Waals surface area contributed by atoms with Crippen LogP contribution in [0.4, 0.5) is 34.6 Å². The van der Waals surface area contributed by atoms with Gasteiger partial charge in [0.05, 0.1) is 45.0 Å². The molecule has 2 aliphatic heterocycles. The Morgan fingerprint density at radius 3 is 2.27 bits per heavy atom. The Labute approximate surface area is 276 Å². The average molecular weight is 629 g/mol. The average Bonchev–Trinajstić information content (AvgIpc) is 3.00. The van der Waals surface area contributed by atoms with Crippen LogP contribution in [0, 0.1) is 5.82 Å². The van der Waals surface area contributed by atoms with Crippen molar-refractivity contribution < 1.29 is 73.0 Å². The van der Waals surface area contributed by atoms with Crippen LogP contribution in [0.1, 0.15) is 25.0 Å². The number of halogens is 4. The molecule has 0 aromatic heterocycles. The van der Waals surface area contributed by atoms with Crippen LogP contribution in [0.3, 0.4) is 0 Å². The van der Waals surface area contributed by atoms with E-state index in [2.05, 4.69) is 9.89 Å². The molecule has 2 heterocycles. The van der Waals surface area contributed by atoms with E-state index < -0.39 is 29.6 Å². The second-order valence-electron chi connectivity index (χ2n) is 9.82. The van der Waals surface area contributed by atoms with Gasteiger partial charge >= 0.3 is 41.7 Å². The molecule has 44 heavy (non-hydrogen) atoms. The Bertz CT molecular complexity index is 1510. The number of fused-ring (bicyclic) bond motifs is 1. The van der Waals surface area contributed by atoms with E-state index >= 15 is 4.39 Å². The molecule has 0 aliphatic carbocycles. The third-order valence-electron chi connectivity index (χ3n) is 7.45. The fraction of sp³-hybridized carbons (Fsp3) is 0.333. The Hall–Kier alpha value is -3.52. The predicted molar refractivity (Wildman–Crippen MR) is 155 cm³/mol. The molecule has 9 nitrogen and oxygen atoms in total. The number of nitrogens with zero attached hydrogens (tertiary/aromatic N) is 4. The first-order valence-corrected chi connectivity index (χ1v) is 13.3. The van der Waals surface area contributed by atoms with Crippen molar-refractivity contribution in [1.29, 1.82) is 0 Å². The van der Waals surface area contributed by atoms with Crippen LogP contribution in [-0.4, -0.2) is 69.8 Å². The van der Waals surface area contributed by atoms with Crippen molar-refractivity contribution in [3.8, 4) is 11.5 Å². The van der Waals surface area contributed by atoms with Gasteiger partial charge in [0.2, 0.25) is 5.96 Å². The summed E-state index contributed by atoms with van der Waals surface area (Å²) in [4.78, 5) is 22.9. The fourth-order valence-electron chi connectivity index (χ4n) is 5.32. The number of carbonyl (C=O) groups is 1. The molecule has 0 saturated carbocycles. The number of esters is 1. The monoisotopic (exact) mass is 628 g/mol. The van der Waals surface area contributed by atoms with Gasteiger partial charge < -0.3 is 35.8 Å². The number of ether oxygens (including phenoxy) is 3. The van der Waals surface area contributed by atoms with Crippen molar-refractivity contribution in [3.05, 3.63) is 77.6 Å². The summed E-state index contributed by atoms with van der Waals surface area (Å²) in [5.74, 6) is -0.155. The van der Waals surface area contributed by atoms with E-state index in [1.54, 1.807) is 13.2 Å². The minimum Gasteiger partial charge on any atom is -1.00 e. The summed E-state index contributed by atoms with van der Waals surface area (Å²) in [7, 11) is 4.17. The summed E-state index contributed by atoms with van der Waals surface area (Å²) in [6.07, 6.45) is -4.91. The molecule has 1 saturated heterocycles. The molecule has 2 N–H and O–H groups in total. The van der Waals surface area contributed by atoms with Gasteiger partial charge in [-0.3, -0.25) is 4.79 Å². The smallest absolute Gasteiger partial charge is 1.00 e. The van der Waals surface area contributed by atoms with Crippen LogP contribution in [0.5, 0.6) is 11.5 Å². The van der Waals surface area contributed by atoms with Gasteiger partial charge in [0, 0.05) is 43.5 Å². The van der Waals surface area contributed by atoms with Crippen molar-refractivity contribution in [2.75, 3.05) is 57.3 Å². The van der Waals surface area contributed by atoms with Gasteiger partial charge in [-0.1, -0.05) is 18.2 Å². The third-order valence-corrected chi connectivity index (χ3v) is 7.45. The van der Waals surface area contributed by atoms with E-state index in [0.29, 0.717) is 37.5 Å². The molecule has 3 aromatic rings. The maximum Gasteiger partial charge on any atom is 1.00 e. The minimum absolute atomic E-state index is 0. The number of guanidine groups is 1. The molecular weight excluding hydrogens is 595 g/mol. The van der Waals surface area contributed by atoms with E-state index in [1.807, 2.05) is 29.2 Å². The molecule has 2 aliphatic rings. The van der Waals surface area contributed by atoms with Gasteiger partial charge in [-0.25, -0.2) is 9.38 Å². The van der Waals surface area contributed by atoms with Gasteiger partial charge in [0.1, 0.15) is 23.0 Å². The van der Waals surface area contributed by atoms with E-state index in [-0.39, 0.29) is 66.0 Å². The second kappa shape index (κ2) is 14.5. The maximum atomic E-state index is 15.2. The van der Waals surface area contributed by atoms with Crippen molar-refractivity contribution in [3.63, 3.8) is 0 Å². The van der Waals surface area contributed by atoms with Crippen LogP contribution < -0.4 is 48.8 Å². The molecule has 232 valence electrons. The van der Waals surface area contributed by atoms with Crippen LogP contribution in [0.25, 0.3) is 0 Å². The normalized spacial score (nSPS) is 16.2. The zero-order valence-corrected chi connectivity index (χ0v) is 26.8. The molecule has 0 bridgehead atoms. The number of para-hydroxylation sites is 1. The van der Waals surface area contributed by atoms with Crippen LogP contribution in [-0.2, 0) is 15.7 Å². The first kappa shape index (κ1) is 35.0. The van der Waals surface area contributed by atoms with Gasteiger partial charge in [-0.05, 0) is 36.4 Å².